The zero-order valence-corrected chi connectivity index (χ0v) is 39.4. The van der Waals surface area contributed by atoms with Gasteiger partial charge in [0.15, 0.2) is 6.10 Å². The van der Waals surface area contributed by atoms with E-state index in [1.807, 2.05) is 19.1 Å². The molecule has 1 rings (SSSR count). The number of phosphoric acid groups is 1. The average Bonchev–Trinajstić information content (AvgIpc) is 3.26. The summed E-state index contributed by atoms with van der Waals surface area (Å²) in [4.78, 5) is 35.7. The van der Waals surface area contributed by atoms with E-state index in [2.05, 4.69) is 43.4 Å². The van der Waals surface area contributed by atoms with Gasteiger partial charge in [0.2, 0.25) is 0 Å². The molecule has 0 aromatic carbocycles. The van der Waals surface area contributed by atoms with Gasteiger partial charge in [-0.15, -0.1) is 0 Å². The molecule has 63 heavy (non-hydrogen) atoms. The molecule has 7 unspecified atom stereocenters. The fourth-order valence-corrected chi connectivity index (χ4v) is 8.00. The van der Waals surface area contributed by atoms with E-state index >= 15 is 0 Å². The van der Waals surface area contributed by atoms with Crippen molar-refractivity contribution in [1.82, 2.24) is 0 Å². The van der Waals surface area contributed by atoms with Gasteiger partial charge in [-0.1, -0.05) is 159 Å². The van der Waals surface area contributed by atoms with Crippen molar-refractivity contribution in [2.45, 2.75) is 230 Å². The molecule has 1 fully saturated rings. The molecule has 14 nitrogen and oxygen atoms in total. The van der Waals surface area contributed by atoms with E-state index in [1.54, 1.807) is 0 Å². The molecule has 0 saturated heterocycles. The molecule has 15 heteroatoms. The molecule has 7 N–H and O–H groups in total. The molecule has 1 saturated carbocycles. The highest BCUT2D eigenvalue weighted by Crippen LogP contribution is 2.47. The third-order valence-corrected chi connectivity index (χ3v) is 12.1. The minimum absolute atomic E-state index is 0.00803. The molecule has 0 spiro atoms. The van der Waals surface area contributed by atoms with Crippen LogP contribution in [0, 0.1) is 0 Å². The van der Waals surface area contributed by atoms with Gasteiger partial charge >= 0.3 is 19.8 Å². The predicted molar refractivity (Wildman–Crippen MR) is 245 cm³/mol. The van der Waals surface area contributed by atoms with Crippen LogP contribution < -0.4 is 0 Å². The number of esters is 2. The lowest BCUT2D eigenvalue weighted by molar-refractivity contribution is -0.220. The zero-order valence-electron chi connectivity index (χ0n) is 38.5. The number of hydrogen-bond acceptors (Lipinski definition) is 13. The van der Waals surface area contributed by atoms with Crippen molar-refractivity contribution in [3.63, 3.8) is 0 Å². The van der Waals surface area contributed by atoms with Crippen molar-refractivity contribution < 1.29 is 68.2 Å². The van der Waals surface area contributed by atoms with Crippen molar-refractivity contribution in [1.29, 1.82) is 0 Å². The summed E-state index contributed by atoms with van der Waals surface area (Å²) in [7, 11) is -5.14. The molecule has 0 amide bonds. The quantitative estimate of drug-likeness (QED) is 0.0133. The summed E-state index contributed by atoms with van der Waals surface area (Å²) in [6.07, 6.45) is 28.2. The molecule has 0 aliphatic heterocycles. The van der Waals surface area contributed by atoms with Gasteiger partial charge in [-0.05, 0) is 57.8 Å². The first-order valence-electron chi connectivity index (χ1n) is 24.0. The van der Waals surface area contributed by atoms with Gasteiger partial charge in [0.25, 0.3) is 0 Å². The second-order valence-electron chi connectivity index (χ2n) is 16.8. The second kappa shape index (κ2) is 37.9. The Balaban J connectivity index is 2.49. The smallest absolute Gasteiger partial charge is 0.462 e. The van der Waals surface area contributed by atoms with Crippen molar-refractivity contribution >= 4 is 19.8 Å². The van der Waals surface area contributed by atoms with Gasteiger partial charge in [0.05, 0.1) is 12.7 Å². The third-order valence-electron chi connectivity index (χ3n) is 11.1. The predicted octanol–water partition coefficient (Wildman–Crippen LogP) is 8.53. The Bertz CT molecular complexity index is 1310. The fraction of sp³-hybridized carbons (Fsp3) is 0.792. The first kappa shape index (κ1) is 58.8. The SMILES string of the molecule is CCCCCCCCCCCCCCCCCCC(=O)OCC(COP(=O)(O)OC1C(O)C(O)C(O)C(O)C1O)OC(=O)CCCC=CCC=CCC=CCC=CCCC(O)CC. The van der Waals surface area contributed by atoms with Crippen LogP contribution in [-0.2, 0) is 32.7 Å². The number of carbonyl (C=O) groups is 2. The van der Waals surface area contributed by atoms with Crippen LogP contribution >= 0.6 is 7.82 Å². The van der Waals surface area contributed by atoms with Gasteiger partial charge in [-0.3, -0.25) is 18.6 Å². The van der Waals surface area contributed by atoms with Crippen LogP contribution in [-0.4, -0.2) is 110 Å². The summed E-state index contributed by atoms with van der Waals surface area (Å²) in [5.41, 5.74) is 0. The summed E-state index contributed by atoms with van der Waals surface area (Å²) in [6.45, 7) is 2.98. The maximum absolute atomic E-state index is 12.8. The Kier molecular flexibility index (Phi) is 35.4. The maximum Gasteiger partial charge on any atom is 0.472 e. The molecule has 0 radical (unpaired) electrons. The average molecular weight is 917 g/mol. The number of ether oxygens (including phenoxy) is 2. The lowest BCUT2D eigenvalue weighted by Crippen LogP contribution is -2.64. The number of aliphatic hydroxyl groups is 6. The van der Waals surface area contributed by atoms with E-state index < -0.39 is 75.7 Å². The van der Waals surface area contributed by atoms with E-state index in [4.69, 9.17) is 18.5 Å². The standard InChI is InChI=1S/C48H85O14P/c1-3-5-6-7-8-9-10-11-12-13-17-20-23-26-29-32-35-41(50)59-37-40(38-60-63(57,58)62-48-46(55)44(53)43(52)45(54)47(48)56)61-42(51)36-33-30-27-24-21-18-15-14-16-19-22-25-28-31-34-39(49)4-2/h15-16,18-19,24-25,27-28,39-40,43-49,52-56H,3-14,17,20-23,26,29-38H2,1-2H3,(H,57,58). The number of carbonyl (C=O) groups excluding carboxylic acids is 2. The van der Waals surface area contributed by atoms with E-state index in [-0.39, 0.29) is 18.9 Å². The van der Waals surface area contributed by atoms with Gasteiger partial charge in [0.1, 0.15) is 43.2 Å². The minimum atomic E-state index is -5.14. The van der Waals surface area contributed by atoms with Crippen molar-refractivity contribution in [2.75, 3.05) is 13.2 Å². The maximum atomic E-state index is 12.8. The zero-order chi connectivity index (χ0) is 46.6. The Hall–Kier alpha value is -2.23. The molecular formula is C48H85O14P. The molecule has 0 aromatic heterocycles. The van der Waals surface area contributed by atoms with Crippen molar-refractivity contribution in [2.24, 2.45) is 0 Å². The van der Waals surface area contributed by atoms with Crippen LogP contribution in [0.3, 0.4) is 0 Å². The van der Waals surface area contributed by atoms with E-state index in [9.17, 15) is 49.7 Å². The molecule has 0 heterocycles. The highest BCUT2D eigenvalue weighted by Gasteiger charge is 2.51. The summed E-state index contributed by atoms with van der Waals surface area (Å²) < 4.78 is 33.5. The van der Waals surface area contributed by atoms with E-state index in [0.29, 0.717) is 19.3 Å². The number of aliphatic hydroxyl groups excluding tert-OH is 6. The Morgan fingerprint density at radius 1 is 0.556 bits per heavy atom. The lowest BCUT2D eigenvalue weighted by Gasteiger charge is -2.41. The normalized spacial score (nSPS) is 22.6. The van der Waals surface area contributed by atoms with Gasteiger partial charge < -0.3 is 45.0 Å². The van der Waals surface area contributed by atoms with Crippen LogP contribution in [0.15, 0.2) is 48.6 Å². The van der Waals surface area contributed by atoms with E-state index in [0.717, 1.165) is 57.8 Å². The highest BCUT2D eigenvalue weighted by atomic mass is 31.2. The lowest BCUT2D eigenvalue weighted by atomic mass is 9.85. The number of phosphoric ester groups is 1. The molecule has 1 aliphatic rings. The second-order valence-corrected chi connectivity index (χ2v) is 18.2. The van der Waals surface area contributed by atoms with Crippen LogP contribution in [0.25, 0.3) is 0 Å². The first-order valence-corrected chi connectivity index (χ1v) is 25.5. The molecule has 366 valence electrons. The molecule has 0 aromatic rings. The number of hydrogen-bond donors (Lipinski definition) is 7. The van der Waals surface area contributed by atoms with Crippen LogP contribution in [0.2, 0.25) is 0 Å². The molecule has 7 atom stereocenters. The van der Waals surface area contributed by atoms with Gasteiger partial charge in [-0.25, -0.2) is 4.57 Å². The fourth-order valence-electron chi connectivity index (χ4n) is 7.03. The largest absolute Gasteiger partial charge is 0.472 e. The van der Waals surface area contributed by atoms with E-state index in [1.165, 1.54) is 77.0 Å². The minimum Gasteiger partial charge on any atom is -0.462 e. The topological polar surface area (TPSA) is 230 Å². The summed E-state index contributed by atoms with van der Waals surface area (Å²) in [5.74, 6) is -1.18. The summed E-state index contributed by atoms with van der Waals surface area (Å²) >= 11 is 0. The Morgan fingerprint density at radius 3 is 1.48 bits per heavy atom. The van der Waals surface area contributed by atoms with Crippen LogP contribution in [0.4, 0.5) is 0 Å². The van der Waals surface area contributed by atoms with Crippen LogP contribution in [0.5, 0.6) is 0 Å². The number of unbranched alkanes of at least 4 members (excludes halogenated alkanes) is 16. The van der Waals surface area contributed by atoms with Crippen molar-refractivity contribution in [3.05, 3.63) is 48.6 Å². The molecule has 0 bridgehead atoms. The molecule has 1 aliphatic carbocycles. The summed E-state index contributed by atoms with van der Waals surface area (Å²) in [6, 6.07) is 0. The van der Waals surface area contributed by atoms with Crippen molar-refractivity contribution in [3.8, 4) is 0 Å². The number of allylic oxidation sites excluding steroid dienone is 8. The monoisotopic (exact) mass is 917 g/mol. The third kappa shape index (κ3) is 30.6. The van der Waals surface area contributed by atoms with Gasteiger partial charge in [0, 0.05) is 12.8 Å². The Labute approximate surface area is 378 Å². The van der Waals surface area contributed by atoms with Crippen LogP contribution in [0.1, 0.15) is 181 Å². The Morgan fingerprint density at radius 2 is 0.984 bits per heavy atom. The van der Waals surface area contributed by atoms with Gasteiger partial charge in [-0.2, -0.15) is 0 Å². The summed E-state index contributed by atoms with van der Waals surface area (Å²) in [5, 5.41) is 59.7. The highest BCUT2D eigenvalue weighted by molar-refractivity contribution is 7.47. The molecular weight excluding hydrogens is 831 g/mol. The first-order chi connectivity index (χ1) is 30.3. The number of rotatable bonds is 39.